The number of nitrogens with two attached hydrogens (primary N) is 1. The summed E-state index contributed by atoms with van der Waals surface area (Å²) in [5.41, 5.74) is 9.06. The molecule has 0 fully saturated rings. The molecule has 0 aliphatic carbocycles. The van der Waals surface area contributed by atoms with Crippen LogP contribution in [0, 0.1) is 6.92 Å². The first kappa shape index (κ1) is 13.5. The molecule has 21 heavy (non-hydrogen) atoms. The van der Waals surface area contributed by atoms with E-state index < -0.39 is 0 Å². The molecular weight excluding hydrogens is 264 g/mol. The van der Waals surface area contributed by atoms with Gasteiger partial charge in [-0.25, -0.2) is 0 Å². The summed E-state index contributed by atoms with van der Waals surface area (Å²) < 4.78 is 5.27. The van der Waals surface area contributed by atoms with Crippen LogP contribution >= 0.6 is 0 Å². The third-order valence-corrected chi connectivity index (χ3v) is 3.20. The van der Waals surface area contributed by atoms with Gasteiger partial charge >= 0.3 is 0 Å². The van der Waals surface area contributed by atoms with Crippen molar-refractivity contribution in [2.24, 2.45) is 5.73 Å². The lowest BCUT2D eigenvalue weighted by Crippen LogP contribution is -2.13. The number of pyridine rings is 1. The van der Waals surface area contributed by atoms with Gasteiger partial charge in [0.05, 0.1) is 6.04 Å². The maximum absolute atomic E-state index is 6.13. The molecule has 2 aromatic heterocycles. The number of hydrogen-bond donors (Lipinski definition) is 1. The molecule has 0 radical (unpaired) electrons. The van der Waals surface area contributed by atoms with Crippen molar-refractivity contribution in [1.29, 1.82) is 0 Å². The van der Waals surface area contributed by atoms with E-state index in [0.29, 0.717) is 23.8 Å². The normalized spacial score (nSPS) is 12.3. The number of hydrogen-bond acceptors (Lipinski definition) is 5. The highest BCUT2D eigenvalue weighted by molar-refractivity contribution is 5.49. The Hall–Kier alpha value is -2.53. The Morgan fingerprint density at radius 3 is 2.76 bits per heavy atom. The summed E-state index contributed by atoms with van der Waals surface area (Å²) in [6.45, 7) is 1.99. The second-order valence-electron chi connectivity index (χ2n) is 4.97. The van der Waals surface area contributed by atoms with Crippen LogP contribution in [0.5, 0.6) is 0 Å². The molecule has 3 aromatic rings. The van der Waals surface area contributed by atoms with Gasteiger partial charge in [-0.3, -0.25) is 4.98 Å². The van der Waals surface area contributed by atoms with Gasteiger partial charge in [0.25, 0.3) is 0 Å². The molecule has 0 saturated heterocycles. The molecular formula is C16H16N4O. The lowest BCUT2D eigenvalue weighted by molar-refractivity contribution is 0.354. The van der Waals surface area contributed by atoms with Crippen LogP contribution in [0.2, 0.25) is 0 Å². The Bertz CT molecular complexity index is 724. The molecule has 0 saturated carbocycles. The van der Waals surface area contributed by atoms with Crippen molar-refractivity contribution < 1.29 is 4.52 Å². The summed E-state index contributed by atoms with van der Waals surface area (Å²) in [7, 11) is 0. The average Bonchev–Trinajstić information content (AvgIpc) is 2.98. The predicted molar refractivity (Wildman–Crippen MR) is 79.3 cm³/mol. The molecule has 0 unspecified atom stereocenters. The Morgan fingerprint density at radius 2 is 2.00 bits per heavy atom. The average molecular weight is 280 g/mol. The predicted octanol–water partition coefficient (Wildman–Crippen LogP) is 2.68. The van der Waals surface area contributed by atoms with E-state index in [9.17, 15) is 0 Å². The Kier molecular flexibility index (Phi) is 3.75. The minimum Gasteiger partial charge on any atom is -0.337 e. The Labute approximate surface area is 122 Å². The lowest BCUT2D eigenvalue weighted by Gasteiger charge is -2.05. The molecule has 1 aromatic carbocycles. The molecule has 0 amide bonds. The van der Waals surface area contributed by atoms with Gasteiger partial charge in [-0.15, -0.1) is 0 Å². The second kappa shape index (κ2) is 5.85. The van der Waals surface area contributed by atoms with Gasteiger partial charge in [-0.2, -0.15) is 4.98 Å². The second-order valence-corrected chi connectivity index (χ2v) is 4.97. The third-order valence-electron chi connectivity index (χ3n) is 3.20. The van der Waals surface area contributed by atoms with Crippen LogP contribution in [0.3, 0.4) is 0 Å². The van der Waals surface area contributed by atoms with Crippen LogP contribution in [0.1, 0.15) is 23.1 Å². The molecule has 2 N–H and O–H groups in total. The van der Waals surface area contributed by atoms with Crippen molar-refractivity contribution >= 4 is 0 Å². The molecule has 0 spiro atoms. The highest BCUT2D eigenvalue weighted by Gasteiger charge is 2.16. The van der Waals surface area contributed by atoms with Gasteiger partial charge in [0.1, 0.15) is 5.69 Å². The van der Waals surface area contributed by atoms with Gasteiger partial charge < -0.3 is 10.3 Å². The summed E-state index contributed by atoms with van der Waals surface area (Å²) in [5.74, 6) is 0.898. The number of aryl methyl sites for hydroxylation is 1. The fraction of sp³-hybridized carbons (Fsp3) is 0.188. The highest BCUT2D eigenvalue weighted by Crippen LogP contribution is 2.19. The maximum atomic E-state index is 6.13. The molecule has 0 bridgehead atoms. The summed E-state index contributed by atoms with van der Waals surface area (Å²) in [6, 6.07) is 13.5. The SMILES string of the molecule is Cc1ccnc(-c2noc([C@H](N)Cc3ccccc3)n2)c1. The van der Waals surface area contributed by atoms with Crippen molar-refractivity contribution in [3.8, 4) is 11.5 Å². The van der Waals surface area contributed by atoms with Crippen LogP contribution < -0.4 is 5.73 Å². The van der Waals surface area contributed by atoms with Crippen LogP contribution in [0.15, 0.2) is 53.2 Å². The molecule has 3 rings (SSSR count). The molecule has 0 aliphatic heterocycles. The van der Waals surface area contributed by atoms with Crippen molar-refractivity contribution in [3.05, 3.63) is 65.7 Å². The maximum Gasteiger partial charge on any atom is 0.244 e. The first-order valence-corrected chi connectivity index (χ1v) is 6.78. The zero-order valence-corrected chi connectivity index (χ0v) is 11.7. The Balaban J connectivity index is 1.78. The van der Waals surface area contributed by atoms with Gasteiger partial charge in [0, 0.05) is 6.20 Å². The van der Waals surface area contributed by atoms with Crippen LogP contribution in [-0.2, 0) is 6.42 Å². The molecule has 5 heteroatoms. The van der Waals surface area contributed by atoms with E-state index in [2.05, 4.69) is 15.1 Å². The number of benzene rings is 1. The standard InChI is InChI=1S/C16H16N4O/c1-11-7-8-18-14(9-11)15-19-16(21-20-15)13(17)10-12-5-3-2-4-6-12/h2-9,13H,10,17H2,1H3/t13-/m1/s1. The van der Waals surface area contributed by atoms with E-state index in [-0.39, 0.29) is 6.04 Å². The van der Waals surface area contributed by atoms with Gasteiger partial charge in [-0.05, 0) is 36.6 Å². The summed E-state index contributed by atoms with van der Waals surface area (Å²) in [5, 5.41) is 3.96. The quantitative estimate of drug-likeness (QED) is 0.795. The fourth-order valence-electron chi connectivity index (χ4n) is 2.10. The smallest absolute Gasteiger partial charge is 0.244 e. The summed E-state index contributed by atoms with van der Waals surface area (Å²) in [4.78, 5) is 8.59. The molecule has 0 aliphatic rings. The van der Waals surface area contributed by atoms with Crippen LogP contribution in [0.4, 0.5) is 0 Å². The van der Waals surface area contributed by atoms with Gasteiger partial charge in [-0.1, -0.05) is 35.5 Å². The van der Waals surface area contributed by atoms with Crippen molar-refractivity contribution in [2.45, 2.75) is 19.4 Å². The first-order valence-electron chi connectivity index (χ1n) is 6.78. The molecule has 1 atom stereocenters. The highest BCUT2D eigenvalue weighted by atomic mass is 16.5. The van der Waals surface area contributed by atoms with E-state index in [1.165, 1.54) is 0 Å². The third kappa shape index (κ3) is 3.14. The van der Waals surface area contributed by atoms with Gasteiger partial charge in [0.2, 0.25) is 11.7 Å². The van der Waals surface area contributed by atoms with Gasteiger partial charge in [0.15, 0.2) is 0 Å². The van der Waals surface area contributed by atoms with E-state index >= 15 is 0 Å². The van der Waals surface area contributed by atoms with E-state index in [0.717, 1.165) is 11.1 Å². The van der Waals surface area contributed by atoms with Crippen molar-refractivity contribution in [1.82, 2.24) is 15.1 Å². The largest absolute Gasteiger partial charge is 0.337 e. The van der Waals surface area contributed by atoms with Crippen LogP contribution in [0.25, 0.3) is 11.5 Å². The van der Waals surface area contributed by atoms with Crippen LogP contribution in [-0.4, -0.2) is 15.1 Å². The lowest BCUT2D eigenvalue weighted by atomic mass is 10.1. The fourth-order valence-corrected chi connectivity index (χ4v) is 2.10. The zero-order valence-electron chi connectivity index (χ0n) is 11.7. The Morgan fingerprint density at radius 1 is 1.19 bits per heavy atom. The minimum absolute atomic E-state index is 0.321. The summed E-state index contributed by atoms with van der Waals surface area (Å²) >= 11 is 0. The molecule has 106 valence electrons. The van der Waals surface area contributed by atoms with Crippen molar-refractivity contribution in [3.63, 3.8) is 0 Å². The van der Waals surface area contributed by atoms with E-state index in [1.54, 1.807) is 6.20 Å². The summed E-state index contributed by atoms with van der Waals surface area (Å²) in [6.07, 6.45) is 2.38. The molecule has 5 nitrogen and oxygen atoms in total. The monoisotopic (exact) mass is 280 g/mol. The van der Waals surface area contributed by atoms with E-state index in [4.69, 9.17) is 10.3 Å². The topological polar surface area (TPSA) is 77.8 Å². The number of aromatic nitrogens is 3. The molecule has 2 heterocycles. The minimum atomic E-state index is -0.321. The van der Waals surface area contributed by atoms with E-state index in [1.807, 2.05) is 49.4 Å². The number of rotatable bonds is 4. The number of nitrogens with zero attached hydrogens (tertiary/aromatic N) is 3. The zero-order chi connectivity index (χ0) is 14.7. The van der Waals surface area contributed by atoms with Crippen molar-refractivity contribution in [2.75, 3.05) is 0 Å². The first-order chi connectivity index (χ1) is 10.2.